The van der Waals surface area contributed by atoms with Crippen molar-refractivity contribution in [3.8, 4) is 6.07 Å². The fourth-order valence-electron chi connectivity index (χ4n) is 2.46. The van der Waals surface area contributed by atoms with Crippen molar-refractivity contribution in [2.45, 2.75) is 12.5 Å². The molecule has 27 heavy (non-hydrogen) atoms. The van der Waals surface area contributed by atoms with Crippen molar-refractivity contribution in [3.63, 3.8) is 0 Å². The van der Waals surface area contributed by atoms with E-state index in [1.165, 1.54) is 24.4 Å². The Labute approximate surface area is 150 Å². The second kappa shape index (κ2) is 6.92. The van der Waals surface area contributed by atoms with Crippen molar-refractivity contribution in [1.29, 1.82) is 5.26 Å². The number of fused-ring (bicyclic) bond motifs is 1. The molecular formula is C18H11F3N4O2. The second-order valence-corrected chi connectivity index (χ2v) is 5.65. The van der Waals surface area contributed by atoms with Gasteiger partial charge < -0.3 is 10.3 Å². The summed E-state index contributed by atoms with van der Waals surface area (Å²) >= 11 is 0. The maximum atomic E-state index is 14.5. The molecule has 6 nitrogen and oxygen atoms in total. The van der Waals surface area contributed by atoms with Gasteiger partial charge in [0.1, 0.15) is 5.82 Å². The highest BCUT2D eigenvalue weighted by atomic mass is 19.3. The average Bonchev–Trinajstić information content (AvgIpc) is 2.65. The normalized spacial score (nSPS) is 11.2. The number of hydrogen-bond donors (Lipinski definition) is 2. The van der Waals surface area contributed by atoms with E-state index in [1.54, 1.807) is 0 Å². The fraction of sp³-hybridized carbons (Fsp3) is 0.111. The number of alkyl halides is 2. The first-order chi connectivity index (χ1) is 12.8. The van der Waals surface area contributed by atoms with Gasteiger partial charge in [-0.3, -0.25) is 14.6 Å². The smallest absolute Gasteiger partial charge is 0.345 e. The molecule has 0 saturated carbocycles. The summed E-state index contributed by atoms with van der Waals surface area (Å²) in [7, 11) is 0. The number of amides is 1. The third-order valence-electron chi connectivity index (χ3n) is 3.81. The lowest BCUT2D eigenvalue weighted by Gasteiger charge is -2.16. The molecule has 0 radical (unpaired) electrons. The minimum Gasteiger partial charge on any atom is -0.345 e. The zero-order chi connectivity index (χ0) is 19.6. The summed E-state index contributed by atoms with van der Waals surface area (Å²) in [5, 5.41) is 10.8. The van der Waals surface area contributed by atoms with Crippen LogP contribution in [0.15, 0.2) is 47.4 Å². The molecule has 0 aliphatic rings. The number of aromatic nitrogens is 2. The standard InChI is InChI=1S/C18H11F3N4O2/c19-12-1-2-15-11(6-12)7-14(16(26)25-15)18(20,21)17(27)24-9-13-5-10(8-22)3-4-23-13/h1-7H,9H2,(H,24,27)(H,25,26). The number of H-pyrrole nitrogens is 1. The lowest BCUT2D eigenvalue weighted by molar-refractivity contribution is -0.147. The third-order valence-corrected chi connectivity index (χ3v) is 3.81. The van der Waals surface area contributed by atoms with Gasteiger partial charge in [0.2, 0.25) is 0 Å². The highest BCUT2D eigenvalue weighted by molar-refractivity contribution is 5.87. The van der Waals surface area contributed by atoms with Crippen LogP contribution in [0.2, 0.25) is 0 Å². The number of hydrogen-bond acceptors (Lipinski definition) is 4. The van der Waals surface area contributed by atoms with Gasteiger partial charge in [-0.05, 0) is 36.4 Å². The Balaban J connectivity index is 1.87. The Bertz CT molecular complexity index is 1140. The van der Waals surface area contributed by atoms with E-state index in [-0.39, 0.29) is 28.7 Å². The van der Waals surface area contributed by atoms with E-state index < -0.39 is 28.8 Å². The molecule has 1 aromatic carbocycles. The van der Waals surface area contributed by atoms with Crippen LogP contribution in [-0.2, 0) is 17.3 Å². The number of carbonyl (C=O) groups excluding carboxylic acids is 1. The first-order valence-corrected chi connectivity index (χ1v) is 7.65. The van der Waals surface area contributed by atoms with Gasteiger partial charge in [-0.1, -0.05) is 0 Å². The van der Waals surface area contributed by atoms with E-state index in [1.807, 2.05) is 11.4 Å². The summed E-state index contributed by atoms with van der Waals surface area (Å²) in [6, 6.07) is 8.69. The summed E-state index contributed by atoms with van der Waals surface area (Å²) < 4.78 is 42.3. The molecule has 1 amide bonds. The molecule has 0 unspecified atom stereocenters. The van der Waals surface area contributed by atoms with Crippen LogP contribution >= 0.6 is 0 Å². The molecule has 9 heteroatoms. The van der Waals surface area contributed by atoms with E-state index in [9.17, 15) is 22.8 Å². The number of pyridine rings is 2. The Morgan fingerprint density at radius 3 is 2.78 bits per heavy atom. The zero-order valence-corrected chi connectivity index (χ0v) is 13.6. The molecule has 0 saturated heterocycles. The zero-order valence-electron chi connectivity index (χ0n) is 13.6. The quantitative estimate of drug-likeness (QED) is 0.734. The lowest BCUT2D eigenvalue weighted by atomic mass is 10.1. The molecule has 0 aliphatic carbocycles. The maximum absolute atomic E-state index is 14.5. The summed E-state index contributed by atoms with van der Waals surface area (Å²) in [4.78, 5) is 30.0. The Morgan fingerprint density at radius 1 is 1.26 bits per heavy atom. The van der Waals surface area contributed by atoms with E-state index in [0.29, 0.717) is 0 Å². The number of rotatable bonds is 4. The first-order valence-electron chi connectivity index (χ1n) is 7.65. The molecule has 0 spiro atoms. The van der Waals surface area contributed by atoms with E-state index in [2.05, 4.69) is 9.97 Å². The molecule has 3 rings (SSSR count). The number of nitrogens with one attached hydrogen (secondary N) is 2. The average molecular weight is 372 g/mol. The van der Waals surface area contributed by atoms with Crippen LogP contribution in [0.25, 0.3) is 10.9 Å². The van der Waals surface area contributed by atoms with Gasteiger partial charge >= 0.3 is 5.92 Å². The third kappa shape index (κ3) is 3.64. The summed E-state index contributed by atoms with van der Waals surface area (Å²) in [5.41, 5.74) is -1.63. The van der Waals surface area contributed by atoms with Gasteiger partial charge in [0.15, 0.2) is 0 Å². The van der Waals surface area contributed by atoms with Gasteiger partial charge in [-0.2, -0.15) is 14.0 Å². The summed E-state index contributed by atoms with van der Waals surface area (Å²) in [6.07, 6.45) is 1.31. The van der Waals surface area contributed by atoms with E-state index >= 15 is 0 Å². The minimum atomic E-state index is -4.15. The molecule has 2 heterocycles. The van der Waals surface area contributed by atoms with Crippen LogP contribution in [0.1, 0.15) is 16.8 Å². The molecule has 136 valence electrons. The highest BCUT2D eigenvalue weighted by Gasteiger charge is 2.43. The molecule has 0 atom stereocenters. The number of aromatic amines is 1. The predicted octanol–water partition coefficient (Wildman–Crippen LogP) is 2.34. The molecule has 2 aromatic heterocycles. The highest BCUT2D eigenvalue weighted by Crippen LogP contribution is 2.27. The summed E-state index contributed by atoms with van der Waals surface area (Å²) in [5.74, 6) is -6.54. The van der Waals surface area contributed by atoms with Crippen LogP contribution < -0.4 is 10.9 Å². The first kappa shape index (κ1) is 18.1. The van der Waals surface area contributed by atoms with Crippen molar-refractivity contribution in [2.24, 2.45) is 0 Å². The number of carbonyl (C=O) groups is 1. The SMILES string of the molecule is N#Cc1ccnc(CNC(=O)C(F)(F)c2cc3cc(F)ccc3[nH]c2=O)c1. The van der Waals surface area contributed by atoms with Crippen LogP contribution in [-0.4, -0.2) is 15.9 Å². The van der Waals surface area contributed by atoms with Crippen LogP contribution in [0.4, 0.5) is 13.2 Å². The molecule has 0 fully saturated rings. The number of nitrogens with zero attached hydrogens (tertiary/aromatic N) is 2. The van der Waals surface area contributed by atoms with Crippen molar-refractivity contribution >= 4 is 16.8 Å². The predicted molar refractivity (Wildman–Crippen MR) is 89.2 cm³/mol. The largest absolute Gasteiger partial charge is 0.355 e. The molecular weight excluding hydrogens is 361 g/mol. The van der Waals surface area contributed by atoms with Crippen molar-refractivity contribution in [3.05, 3.63) is 75.6 Å². The Kier molecular flexibility index (Phi) is 4.64. The van der Waals surface area contributed by atoms with Gasteiger partial charge in [0.05, 0.1) is 29.4 Å². The maximum Gasteiger partial charge on any atom is 0.355 e. The van der Waals surface area contributed by atoms with Crippen molar-refractivity contribution in [1.82, 2.24) is 15.3 Å². The number of nitriles is 1. The molecule has 2 N–H and O–H groups in total. The van der Waals surface area contributed by atoms with E-state index in [4.69, 9.17) is 5.26 Å². The van der Waals surface area contributed by atoms with Crippen LogP contribution in [0.3, 0.4) is 0 Å². The van der Waals surface area contributed by atoms with Gasteiger partial charge in [0.25, 0.3) is 11.5 Å². The van der Waals surface area contributed by atoms with Gasteiger partial charge in [0, 0.05) is 17.1 Å². The molecule has 0 bridgehead atoms. The van der Waals surface area contributed by atoms with Crippen molar-refractivity contribution < 1.29 is 18.0 Å². The minimum absolute atomic E-state index is 0.0282. The molecule has 0 aliphatic heterocycles. The number of benzene rings is 1. The second-order valence-electron chi connectivity index (χ2n) is 5.65. The summed E-state index contributed by atoms with van der Waals surface area (Å²) in [6.45, 7) is -0.357. The van der Waals surface area contributed by atoms with E-state index in [0.717, 1.165) is 18.2 Å². The monoisotopic (exact) mass is 372 g/mol. The molecule has 3 aromatic rings. The Hall–Kier alpha value is -3.67. The van der Waals surface area contributed by atoms with Gasteiger partial charge in [-0.25, -0.2) is 4.39 Å². The lowest BCUT2D eigenvalue weighted by Crippen LogP contribution is -2.41. The number of halogens is 3. The fourth-order valence-corrected chi connectivity index (χ4v) is 2.46. The van der Waals surface area contributed by atoms with Gasteiger partial charge in [-0.15, -0.1) is 0 Å². The van der Waals surface area contributed by atoms with Crippen molar-refractivity contribution in [2.75, 3.05) is 0 Å². The van der Waals surface area contributed by atoms with Crippen LogP contribution in [0.5, 0.6) is 0 Å². The van der Waals surface area contributed by atoms with Crippen LogP contribution in [0, 0.1) is 17.1 Å². The topological polar surface area (TPSA) is 98.6 Å². The Morgan fingerprint density at radius 2 is 2.04 bits per heavy atom.